The van der Waals surface area contributed by atoms with Crippen molar-refractivity contribution >= 4 is 34.6 Å². The second-order valence-corrected chi connectivity index (χ2v) is 11.2. The Bertz CT molecular complexity index is 1460. The smallest absolute Gasteiger partial charge is 0.348 e. The van der Waals surface area contributed by atoms with Crippen molar-refractivity contribution in [3.8, 4) is 0 Å². The van der Waals surface area contributed by atoms with Gasteiger partial charge in [-0.2, -0.15) is 13.2 Å². The summed E-state index contributed by atoms with van der Waals surface area (Å²) in [6.07, 6.45) is 1.47. The number of aromatic amines is 1. The molecule has 1 atom stereocenters. The van der Waals surface area contributed by atoms with Gasteiger partial charge in [0.05, 0.1) is 5.56 Å². The van der Waals surface area contributed by atoms with Crippen LogP contribution >= 0.6 is 11.8 Å². The first-order valence-corrected chi connectivity index (χ1v) is 14.5. The minimum atomic E-state index is -4.43. The predicted molar refractivity (Wildman–Crippen MR) is 148 cm³/mol. The Labute approximate surface area is 234 Å². The molecule has 0 aliphatic heterocycles. The van der Waals surface area contributed by atoms with Gasteiger partial charge in [-0.1, -0.05) is 0 Å². The van der Waals surface area contributed by atoms with Crippen LogP contribution in [0.5, 0.6) is 0 Å². The summed E-state index contributed by atoms with van der Waals surface area (Å²) in [5.74, 6) is -1.14. The van der Waals surface area contributed by atoms with Crippen LogP contribution in [0.15, 0.2) is 34.1 Å². The molecule has 3 aromatic heterocycles. The number of halogens is 3. The molecular weight excluding hydrogens is 543 g/mol. The van der Waals surface area contributed by atoms with Gasteiger partial charge >= 0.3 is 6.18 Å². The summed E-state index contributed by atoms with van der Waals surface area (Å²) in [4.78, 5) is 46.5. The molecule has 40 heavy (non-hydrogen) atoms. The van der Waals surface area contributed by atoms with Crippen LogP contribution in [0, 0.1) is 25.7 Å². The van der Waals surface area contributed by atoms with Crippen LogP contribution in [0.4, 0.5) is 13.2 Å². The lowest BCUT2D eigenvalue weighted by atomic mass is 9.78. The van der Waals surface area contributed by atoms with Crippen molar-refractivity contribution in [2.24, 2.45) is 11.8 Å². The number of amides is 2. The summed E-state index contributed by atoms with van der Waals surface area (Å²) in [5, 5.41) is 5.63. The number of pyridine rings is 2. The summed E-state index contributed by atoms with van der Waals surface area (Å²) in [7, 11) is 0. The van der Waals surface area contributed by atoms with E-state index in [4.69, 9.17) is 0 Å². The van der Waals surface area contributed by atoms with Crippen molar-refractivity contribution in [2.75, 3.05) is 12.8 Å². The summed E-state index contributed by atoms with van der Waals surface area (Å²) < 4.78 is 39.5. The number of H-pyrrole nitrogens is 1. The number of carbonyl (C=O) groups is 2. The summed E-state index contributed by atoms with van der Waals surface area (Å²) >= 11 is 1.45. The second-order valence-electron chi connectivity index (χ2n) is 10.4. The maximum atomic E-state index is 13.5. The highest BCUT2D eigenvalue weighted by Crippen LogP contribution is 2.39. The van der Waals surface area contributed by atoms with Crippen molar-refractivity contribution in [1.82, 2.24) is 25.2 Å². The van der Waals surface area contributed by atoms with Gasteiger partial charge in [0.2, 0.25) is 5.91 Å². The van der Waals surface area contributed by atoms with Gasteiger partial charge in [-0.3, -0.25) is 14.4 Å². The third-order valence-electron chi connectivity index (χ3n) is 7.81. The number of carbonyl (C=O) groups excluding carboxylic acids is 2. The molecule has 1 fully saturated rings. The largest absolute Gasteiger partial charge is 0.405 e. The number of aromatic nitrogens is 3. The Hall–Kier alpha value is -3.28. The van der Waals surface area contributed by atoms with Crippen LogP contribution < -0.4 is 16.2 Å². The predicted octanol–water partition coefficient (Wildman–Crippen LogP) is 5.04. The number of rotatable bonds is 8. The lowest BCUT2D eigenvalue weighted by molar-refractivity contribution is -0.141. The van der Waals surface area contributed by atoms with Crippen LogP contribution in [0.1, 0.15) is 66.0 Å². The number of thioether (sulfide) groups is 1. The average molecular weight is 578 g/mol. The fourth-order valence-corrected chi connectivity index (χ4v) is 6.45. The average Bonchev–Trinajstić information content (AvgIpc) is 3.21. The van der Waals surface area contributed by atoms with Gasteiger partial charge in [-0.05, 0) is 76.8 Å². The third kappa shape index (κ3) is 6.37. The first-order chi connectivity index (χ1) is 18.9. The van der Waals surface area contributed by atoms with E-state index in [1.54, 1.807) is 12.3 Å². The Balaban J connectivity index is 1.52. The Morgan fingerprint density at radius 1 is 1.20 bits per heavy atom. The molecule has 1 aliphatic carbocycles. The molecule has 3 heterocycles. The van der Waals surface area contributed by atoms with Gasteiger partial charge in [-0.25, -0.2) is 4.98 Å². The summed E-state index contributed by atoms with van der Waals surface area (Å²) in [5.41, 5.74) is 2.91. The number of nitrogens with one attached hydrogen (secondary N) is 3. The van der Waals surface area contributed by atoms with E-state index in [1.807, 2.05) is 49.0 Å². The van der Waals surface area contributed by atoms with Gasteiger partial charge in [0, 0.05) is 51.9 Å². The number of fused-ring (bicyclic) bond motifs is 1. The standard InChI is InChI=1S/C28H34F3N5O3S/c1-15-12-22(40-4)21(26(38)35-15)13-33-27(39)23-17(3)36(24-20(23)6-5-11-32-24)16(2)18-7-9-19(10-8-18)25(37)34-14-28(29,30)31/h5-6,11-12,16,18-19H,7-10,13-14H2,1-4H3,(H,33,39)(H,34,37)(H,35,38)/t16-,18?,19?/m1/s1. The van der Waals surface area contributed by atoms with E-state index < -0.39 is 24.5 Å². The van der Waals surface area contributed by atoms with Crippen LogP contribution in [0.25, 0.3) is 11.0 Å². The van der Waals surface area contributed by atoms with Crippen LogP contribution in [0.2, 0.25) is 0 Å². The highest BCUT2D eigenvalue weighted by Gasteiger charge is 2.34. The molecule has 4 rings (SSSR count). The van der Waals surface area contributed by atoms with Crippen molar-refractivity contribution in [3.05, 3.63) is 57.3 Å². The highest BCUT2D eigenvalue weighted by atomic mass is 32.2. The highest BCUT2D eigenvalue weighted by molar-refractivity contribution is 7.98. The molecule has 0 spiro atoms. The van der Waals surface area contributed by atoms with Crippen LogP contribution in [-0.4, -0.2) is 45.3 Å². The molecule has 8 nitrogen and oxygen atoms in total. The van der Waals surface area contributed by atoms with Gasteiger partial charge in [-0.15, -0.1) is 11.8 Å². The summed E-state index contributed by atoms with van der Waals surface area (Å²) in [6, 6.07) is 5.45. The zero-order valence-electron chi connectivity index (χ0n) is 22.9. The molecule has 3 N–H and O–H groups in total. The normalized spacial score (nSPS) is 18.5. The molecule has 1 saturated carbocycles. The fraction of sp³-hybridized carbons (Fsp3) is 0.500. The minimum Gasteiger partial charge on any atom is -0.348 e. The van der Waals surface area contributed by atoms with Gasteiger partial charge in [0.1, 0.15) is 12.2 Å². The fourth-order valence-electron chi connectivity index (χ4n) is 5.74. The van der Waals surface area contributed by atoms with Crippen molar-refractivity contribution < 1.29 is 22.8 Å². The number of aryl methyl sites for hydroxylation is 1. The minimum absolute atomic E-state index is 0.0545. The lowest BCUT2D eigenvalue weighted by Crippen LogP contribution is -2.39. The van der Waals surface area contributed by atoms with E-state index in [1.165, 1.54) is 11.8 Å². The zero-order valence-corrected chi connectivity index (χ0v) is 23.8. The van der Waals surface area contributed by atoms with Crippen molar-refractivity contribution in [3.63, 3.8) is 0 Å². The first kappa shape index (κ1) is 29.7. The molecule has 0 aromatic carbocycles. The molecular formula is C28H34F3N5O3S. The molecule has 12 heteroatoms. The molecule has 0 unspecified atom stereocenters. The van der Waals surface area contributed by atoms with Gasteiger partial charge in [0.25, 0.3) is 11.5 Å². The maximum Gasteiger partial charge on any atom is 0.405 e. The molecule has 0 bridgehead atoms. The number of hydrogen-bond acceptors (Lipinski definition) is 5. The summed E-state index contributed by atoms with van der Waals surface area (Å²) in [6.45, 7) is 4.49. The van der Waals surface area contributed by atoms with Gasteiger partial charge < -0.3 is 20.2 Å². The first-order valence-electron chi connectivity index (χ1n) is 13.3. The zero-order chi connectivity index (χ0) is 29.2. The van der Waals surface area contributed by atoms with E-state index in [-0.39, 0.29) is 30.0 Å². The maximum absolute atomic E-state index is 13.5. The van der Waals surface area contributed by atoms with Crippen LogP contribution in [0.3, 0.4) is 0 Å². The number of alkyl halides is 3. The quantitative estimate of drug-likeness (QED) is 0.325. The van der Waals surface area contributed by atoms with Crippen molar-refractivity contribution in [2.45, 2.75) is 70.1 Å². The molecule has 3 aromatic rings. The topological polar surface area (TPSA) is 109 Å². The molecule has 2 amide bonds. The Morgan fingerprint density at radius 3 is 2.55 bits per heavy atom. The second kappa shape index (κ2) is 12.1. The SMILES string of the molecule is CSc1cc(C)[nH]c(=O)c1CNC(=O)c1c(C)n([C@H](C)C2CCC(C(=O)NCC(F)(F)F)CC2)c2ncccc12. The monoisotopic (exact) mass is 577 g/mol. The Morgan fingerprint density at radius 2 is 1.90 bits per heavy atom. The molecule has 1 aliphatic rings. The molecule has 0 saturated heterocycles. The van der Waals surface area contributed by atoms with E-state index in [2.05, 4.69) is 15.3 Å². The number of hydrogen-bond donors (Lipinski definition) is 3. The lowest BCUT2D eigenvalue weighted by Gasteiger charge is -2.33. The Kier molecular flexibility index (Phi) is 8.96. The van der Waals surface area contributed by atoms with E-state index in [0.29, 0.717) is 47.8 Å². The molecule has 0 radical (unpaired) electrons. The number of nitrogens with zero attached hydrogens (tertiary/aromatic N) is 2. The third-order valence-corrected chi connectivity index (χ3v) is 8.61. The van der Waals surface area contributed by atoms with E-state index in [0.717, 1.165) is 16.3 Å². The molecule has 216 valence electrons. The van der Waals surface area contributed by atoms with E-state index >= 15 is 0 Å². The van der Waals surface area contributed by atoms with Crippen LogP contribution in [-0.2, 0) is 11.3 Å². The van der Waals surface area contributed by atoms with E-state index in [9.17, 15) is 27.6 Å². The van der Waals surface area contributed by atoms with Gasteiger partial charge in [0.15, 0.2) is 0 Å². The van der Waals surface area contributed by atoms with Crippen molar-refractivity contribution in [1.29, 1.82) is 0 Å².